The maximum absolute atomic E-state index is 12.7. The van der Waals surface area contributed by atoms with Gasteiger partial charge in [-0.25, -0.2) is 19.2 Å². The van der Waals surface area contributed by atoms with E-state index in [1.54, 1.807) is 60.7 Å². The molecule has 0 heterocycles. The summed E-state index contributed by atoms with van der Waals surface area (Å²) in [6, 6.07) is 36.7. The highest BCUT2D eigenvalue weighted by atomic mass is 16.5. The minimum Gasteiger partial charge on any atom is -0.496 e. The van der Waals surface area contributed by atoms with Crippen molar-refractivity contribution >= 4 is 58.6 Å². The summed E-state index contributed by atoms with van der Waals surface area (Å²) in [5, 5.41) is 41.4. The molecule has 0 aliphatic rings. The number of benzene rings is 6. The number of amides is 2. The predicted molar refractivity (Wildman–Crippen MR) is 288 cm³/mol. The number of allylic oxidation sites excluding steroid dienone is 2. The number of aliphatic carboxylic acids is 4. The predicted octanol–water partition coefficient (Wildman–Crippen LogP) is 8.41. The van der Waals surface area contributed by atoms with Crippen molar-refractivity contribution in [2.24, 2.45) is 0 Å². The number of carbonyl (C=O) groups is 8. The van der Waals surface area contributed by atoms with E-state index in [0.717, 1.165) is 69.8 Å². The van der Waals surface area contributed by atoms with Gasteiger partial charge >= 0.3 is 23.9 Å². The third-order valence-electron chi connectivity index (χ3n) is 12.1. The van der Waals surface area contributed by atoms with Crippen molar-refractivity contribution in [3.8, 4) is 34.1 Å². The molecular weight excluding hydrogens is 1000 g/mol. The highest BCUT2D eigenvalue weighted by Crippen LogP contribution is 2.41. The molecule has 18 heteroatoms. The van der Waals surface area contributed by atoms with Crippen molar-refractivity contribution in [1.82, 2.24) is 0 Å². The SMILES string of the molecule is COc1cc(C(c2ccc(-c3ccc(C(c4ccc(NC(=O)/C=C/C(=O)O)c(OC)c4)c4ccc(NC(=O)/C=C/C(=O)O)c(OC)c4)cc3)cc2)c2ccc(CC(=O)/C=C/C(=O)O)c(OC)c2)ccc1CC(=O)/C=C/C(=O)O. The molecule has 0 fully saturated rings. The van der Waals surface area contributed by atoms with Crippen molar-refractivity contribution in [3.63, 3.8) is 0 Å². The number of carbonyl (C=O) groups excluding carboxylic acids is 4. The van der Waals surface area contributed by atoms with Gasteiger partial charge in [0.15, 0.2) is 11.6 Å². The molecule has 0 bridgehead atoms. The van der Waals surface area contributed by atoms with Crippen LogP contribution >= 0.6 is 0 Å². The summed E-state index contributed by atoms with van der Waals surface area (Å²) in [7, 11) is 5.77. The van der Waals surface area contributed by atoms with Crippen molar-refractivity contribution in [2.75, 3.05) is 39.1 Å². The van der Waals surface area contributed by atoms with Crippen LogP contribution in [0.3, 0.4) is 0 Å². The molecule has 0 radical (unpaired) electrons. The molecule has 6 N–H and O–H groups in total. The van der Waals surface area contributed by atoms with Crippen LogP contribution < -0.4 is 29.6 Å². The zero-order valence-corrected chi connectivity index (χ0v) is 42.4. The van der Waals surface area contributed by atoms with Crippen LogP contribution in [-0.2, 0) is 51.2 Å². The monoisotopic (exact) mass is 1060 g/mol. The van der Waals surface area contributed by atoms with Gasteiger partial charge in [-0.3, -0.25) is 19.2 Å². The molecule has 0 saturated carbocycles. The largest absolute Gasteiger partial charge is 0.496 e. The van der Waals surface area contributed by atoms with Crippen LogP contribution in [0, 0.1) is 0 Å². The number of nitrogens with one attached hydrogen (secondary N) is 2. The molecule has 0 saturated heterocycles. The van der Waals surface area contributed by atoms with E-state index in [0.29, 0.717) is 45.9 Å². The fourth-order valence-corrected chi connectivity index (χ4v) is 8.51. The van der Waals surface area contributed by atoms with E-state index in [-0.39, 0.29) is 35.7 Å². The molecule has 0 spiro atoms. The first-order chi connectivity index (χ1) is 37.4. The Labute approximate surface area is 447 Å². The summed E-state index contributed by atoms with van der Waals surface area (Å²) in [5.41, 5.74) is 7.85. The number of rotatable bonds is 25. The van der Waals surface area contributed by atoms with Gasteiger partial charge in [-0.05, 0) is 93.1 Å². The molecule has 0 aromatic heterocycles. The zero-order valence-electron chi connectivity index (χ0n) is 42.4. The fourth-order valence-electron chi connectivity index (χ4n) is 8.51. The van der Waals surface area contributed by atoms with Crippen LogP contribution in [0.1, 0.15) is 56.3 Å². The fraction of sp³-hybridized carbons (Fsp3) is 0.133. The van der Waals surface area contributed by atoms with Gasteiger partial charge in [0.05, 0.1) is 39.8 Å². The minimum atomic E-state index is -1.29. The van der Waals surface area contributed by atoms with Gasteiger partial charge in [0.25, 0.3) is 0 Å². The number of ether oxygens (including phenoxy) is 4. The van der Waals surface area contributed by atoms with E-state index in [1.807, 2.05) is 60.7 Å². The van der Waals surface area contributed by atoms with E-state index in [4.69, 9.17) is 39.4 Å². The number of hydrogen-bond donors (Lipinski definition) is 6. The molecule has 0 aliphatic carbocycles. The molecule has 78 heavy (non-hydrogen) atoms. The highest BCUT2D eigenvalue weighted by Gasteiger charge is 2.24. The first-order valence-corrected chi connectivity index (χ1v) is 23.6. The number of anilines is 2. The van der Waals surface area contributed by atoms with Crippen LogP contribution in [0.15, 0.2) is 170 Å². The maximum atomic E-state index is 12.7. The smallest absolute Gasteiger partial charge is 0.328 e. The Kier molecular flexibility index (Phi) is 19.5. The molecule has 6 aromatic rings. The lowest BCUT2D eigenvalue weighted by Gasteiger charge is -2.23. The van der Waals surface area contributed by atoms with E-state index in [9.17, 15) is 38.4 Å². The summed E-state index contributed by atoms with van der Waals surface area (Å²) in [5.74, 6) is -7.03. The molecule has 18 nitrogen and oxygen atoms in total. The molecule has 6 aromatic carbocycles. The van der Waals surface area contributed by atoms with Crippen molar-refractivity contribution in [2.45, 2.75) is 24.7 Å². The van der Waals surface area contributed by atoms with Gasteiger partial charge in [0.1, 0.15) is 23.0 Å². The average Bonchev–Trinajstić information content (AvgIpc) is 3.55. The summed E-state index contributed by atoms with van der Waals surface area (Å²) in [6.45, 7) is 0. The third kappa shape index (κ3) is 15.4. The average molecular weight is 1060 g/mol. The number of methoxy groups -OCH3 is 4. The Bertz CT molecular complexity index is 2990. The maximum Gasteiger partial charge on any atom is 0.328 e. The first kappa shape index (κ1) is 56.9. The van der Waals surface area contributed by atoms with Crippen molar-refractivity contribution in [1.29, 1.82) is 0 Å². The molecular formula is C60H52N2O16. The normalized spacial score (nSPS) is 11.3. The molecule has 6 rings (SSSR count). The summed E-state index contributed by atoms with van der Waals surface area (Å²) >= 11 is 0. The Morgan fingerprint density at radius 1 is 0.372 bits per heavy atom. The Morgan fingerprint density at radius 2 is 0.654 bits per heavy atom. The van der Waals surface area contributed by atoms with E-state index in [2.05, 4.69) is 10.6 Å². The van der Waals surface area contributed by atoms with E-state index >= 15 is 0 Å². The third-order valence-corrected chi connectivity index (χ3v) is 12.1. The van der Waals surface area contributed by atoms with Crippen LogP contribution in [0.2, 0.25) is 0 Å². The molecule has 398 valence electrons. The lowest BCUT2D eigenvalue weighted by Crippen LogP contribution is -2.11. The van der Waals surface area contributed by atoms with Gasteiger partial charge in [-0.1, -0.05) is 84.9 Å². The molecule has 0 unspecified atom stereocenters. The quantitative estimate of drug-likeness (QED) is 0.0232. The second-order valence-electron chi connectivity index (χ2n) is 17.1. The van der Waals surface area contributed by atoms with Crippen LogP contribution in [-0.4, -0.2) is 96.1 Å². The summed E-state index contributed by atoms with van der Waals surface area (Å²) in [6.07, 6.45) is 6.46. The summed E-state index contributed by atoms with van der Waals surface area (Å²) < 4.78 is 22.9. The van der Waals surface area contributed by atoms with Gasteiger partial charge < -0.3 is 50.0 Å². The van der Waals surface area contributed by atoms with Gasteiger partial charge in [0.2, 0.25) is 11.8 Å². The number of carboxylic acid groups (broad SMARTS) is 4. The van der Waals surface area contributed by atoms with Crippen molar-refractivity contribution < 1.29 is 77.7 Å². The number of carboxylic acids is 4. The molecule has 0 atom stereocenters. The van der Waals surface area contributed by atoms with Crippen LogP contribution in [0.5, 0.6) is 23.0 Å². The first-order valence-electron chi connectivity index (χ1n) is 23.6. The van der Waals surface area contributed by atoms with E-state index < -0.39 is 59.1 Å². The lowest BCUT2D eigenvalue weighted by molar-refractivity contribution is -0.132. The van der Waals surface area contributed by atoms with Crippen molar-refractivity contribution in [3.05, 3.63) is 214 Å². The Morgan fingerprint density at radius 3 is 0.962 bits per heavy atom. The Balaban J connectivity index is 1.40. The van der Waals surface area contributed by atoms with E-state index in [1.165, 1.54) is 28.4 Å². The zero-order chi connectivity index (χ0) is 56.5. The highest BCUT2D eigenvalue weighted by molar-refractivity contribution is 6.04. The number of ketones is 2. The Hall–Kier alpha value is -10.4. The second-order valence-corrected chi connectivity index (χ2v) is 17.1. The van der Waals surface area contributed by atoms with Crippen LogP contribution in [0.25, 0.3) is 11.1 Å². The summed E-state index contributed by atoms with van der Waals surface area (Å²) in [4.78, 5) is 94.7. The number of hydrogen-bond acceptors (Lipinski definition) is 12. The standard InChI is InChI=1S/C60H52N2O16/c1-75-49-31-41(15-13-39(49)29-45(63)19-25-55(67)68)59(42-16-14-40(50(32-42)76-2)30-46(64)20-26-56(69)70)37-9-5-35(6-10-37)36-7-11-38(12-8-36)60(43-17-21-47(51(33-43)77-3)61-53(65)23-27-57(71)72)44-18-22-48(52(34-44)78-4)62-54(66)24-28-58(73)74/h5-28,31-34,59-60H,29-30H2,1-4H3,(H,61,65)(H,62,66)(H,67,68)(H,69,70)(H,71,72)(H,73,74)/b25-19+,26-20+,27-23+,28-24+. The topological polar surface area (TPSA) is 278 Å². The van der Waals surface area contributed by atoms with Gasteiger partial charge in [-0.15, -0.1) is 0 Å². The molecule has 0 aliphatic heterocycles. The minimum absolute atomic E-state index is 0.121. The van der Waals surface area contributed by atoms with Crippen LogP contribution in [0.4, 0.5) is 11.4 Å². The molecule has 2 amide bonds. The second kappa shape index (κ2) is 26.7. The van der Waals surface area contributed by atoms with Gasteiger partial charge in [0, 0.05) is 72.3 Å². The van der Waals surface area contributed by atoms with Gasteiger partial charge in [-0.2, -0.15) is 0 Å². The lowest BCUT2D eigenvalue weighted by atomic mass is 9.82.